The number of ether oxygens (including phenoxy) is 1. The molecular formula is C27H35N3O5. The number of hydrogen-bond acceptors (Lipinski definition) is 5. The zero-order valence-electron chi connectivity index (χ0n) is 20.7. The van der Waals surface area contributed by atoms with Gasteiger partial charge in [0.25, 0.3) is 0 Å². The van der Waals surface area contributed by atoms with Crippen LogP contribution in [0.2, 0.25) is 0 Å². The number of hydrogen-bond donors (Lipinski definition) is 2. The van der Waals surface area contributed by atoms with Gasteiger partial charge in [-0.05, 0) is 62.2 Å². The minimum Gasteiger partial charge on any atom is -0.481 e. The summed E-state index contributed by atoms with van der Waals surface area (Å²) >= 11 is 0. The Balaban J connectivity index is 1.60. The Morgan fingerprint density at radius 3 is 2.11 bits per heavy atom. The SMILES string of the molecule is CN(C)CCC(NC(=O)OCC1c2ccccc2-c2ccccc21)C(=O)N(C)CCCCC(=O)O. The fourth-order valence-electron chi connectivity index (χ4n) is 4.43. The monoisotopic (exact) mass is 481 g/mol. The van der Waals surface area contributed by atoms with Gasteiger partial charge >= 0.3 is 12.1 Å². The summed E-state index contributed by atoms with van der Waals surface area (Å²) in [6, 6.07) is 15.5. The lowest BCUT2D eigenvalue weighted by Gasteiger charge is -2.25. The fourth-order valence-corrected chi connectivity index (χ4v) is 4.43. The van der Waals surface area contributed by atoms with Gasteiger partial charge in [-0.25, -0.2) is 4.79 Å². The van der Waals surface area contributed by atoms with Crippen molar-refractivity contribution in [3.8, 4) is 11.1 Å². The van der Waals surface area contributed by atoms with Gasteiger partial charge in [0, 0.05) is 25.9 Å². The highest BCUT2D eigenvalue weighted by atomic mass is 16.5. The number of likely N-dealkylation sites (N-methyl/N-ethyl adjacent to an activating group) is 1. The summed E-state index contributed by atoms with van der Waals surface area (Å²) in [7, 11) is 5.49. The van der Waals surface area contributed by atoms with Crippen molar-refractivity contribution >= 4 is 18.0 Å². The standard InChI is InChI=1S/C27H35N3O5/c1-29(2)17-15-24(26(33)30(3)16-9-8-14-25(31)32)28-27(34)35-18-23-21-12-6-4-10-19(21)20-11-5-7-13-22(20)23/h4-7,10-13,23-24H,8-9,14-18H2,1-3H3,(H,28,34)(H,31,32). The Hall–Kier alpha value is -3.39. The maximum absolute atomic E-state index is 13.0. The lowest BCUT2D eigenvalue weighted by atomic mass is 9.98. The smallest absolute Gasteiger partial charge is 0.407 e. The summed E-state index contributed by atoms with van der Waals surface area (Å²) in [4.78, 5) is 40.0. The van der Waals surface area contributed by atoms with E-state index in [4.69, 9.17) is 9.84 Å². The Kier molecular flexibility index (Phi) is 9.25. The van der Waals surface area contributed by atoms with E-state index in [0.29, 0.717) is 32.4 Å². The second-order valence-corrected chi connectivity index (χ2v) is 9.23. The Labute approximate surface area is 206 Å². The van der Waals surface area contributed by atoms with Crippen molar-refractivity contribution in [3.05, 3.63) is 59.7 Å². The van der Waals surface area contributed by atoms with Crippen LogP contribution in [0, 0.1) is 0 Å². The number of amides is 2. The third kappa shape index (κ3) is 7.05. The van der Waals surface area contributed by atoms with E-state index < -0.39 is 18.1 Å². The molecule has 0 radical (unpaired) electrons. The summed E-state index contributed by atoms with van der Waals surface area (Å²) in [6.07, 6.45) is 0.970. The molecule has 35 heavy (non-hydrogen) atoms. The van der Waals surface area contributed by atoms with E-state index in [9.17, 15) is 14.4 Å². The molecule has 2 N–H and O–H groups in total. The highest BCUT2D eigenvalue weighted by molar-refractivity contribution is 5.85. The molecule has 0 spiro atoms. The van der Waals surface area contributed by atoms with Crippen LogP contribution in [0.3, 0.4) is 0 Å². The Bertz CT molecular complexity index is 993. The molecule has 0 heterocycles. The quantitative estimate of drug-likeness (QED) is 0.450. The average molecular weight is 482 g/mol. The summed E-state index contributed by atoms with van der Waals surface area (Å²) in [5.74, 6) is -1.11. The maximum Gasteiger partial charge on any atom is 0.407 e. The third-order valence-corrected chi connectivity index (χ3v) is 6.31. The number of rotatable bonds is 12. The van der Waals surface area contributed by atoms with Crippen molar-refractivity contribution in [2.45, 2.75) is 37.6 Å². The first-order chi connectivity index (χ1) is 16.8. The molecule has 0 saturated heterocycles. The van der Waals surface area contributed by atoms with E-state index >= 15 is 0 Å². The van der Waals surface area contributed by atoms with E-state index in [1.54, 1.807) is 11.9 Å². The minimum atomic E-state index is -0.847. The number of carboxylic acids is 1. The van der Waals surface area contributed by atoms with E-state index in [1.807, 2.05) is 43.3 Å². The summed E-state index contributed by atoms with van der Waals surface area (Å²) in [6.45, 7) is 1.23. The number of alkyl carbamates (subject to hydrolysis) is 1. The van der Waals surface area contributed by atoms with Crippen LogP contribution in [-0.4, -0.2) is 79.8 Å². The molecule has 188 valence electrons. The molecular weight excluding hydrogens is 446 g/mol. The number of nitrogens with one attached hydrogen (secondary N) is 1. The zero-order chi connectivity index (χ0) is 25.4. The summed E-state index contributed by atoms with van der Waals surface area (Å²) in [5, 5.41) is 11.5. The molecule has 8 heteroatoms. The van der Waals surface area contributed by atoms with Gasteiger partial charge in [-0.3, -0.25) is 9.59 Å². The molecule has 1 aliphatic rings. The van der Waals surface area contributed by atoms with E-state index in [0.717, 1.165) is 22.3 Å². The van der Waals surface area contributed by atoms with Crippen LogP contribution in [-0.2, 0) is 14.3 Å². The normalized spacial score (nSPS) is 13.1. The Morgan fingerprint density at radius 2 is 1.54 bits per heavy atom. The van der Waals surface area contributed by atoms with Gasteiger partial charge in [0.1, 0.15) is 12.6 Å². The molecule has 2 aromatic carbocycles. The molecule has 0 bridgehead atoms. The molecule has 0 aliphatic heterocycles. The second-order valence-electron chi connectivity index (χ2n) is 9.23. The topological polar surface area (TPSA) is 99.2 Å². The van der Waals surface area contributed by atoms with Crippen molar-refractivity contribution in [2.24, 2.45) is 0 Å². The van der Waals surface area contributed by atoms with Gasteiger partial charge in [0.2, 0.25) is 5.91 Å². The highest BCUT2D eigenvalue weighted by Gasteiger charge is 2.30. The van der Waals surface area contributed by atoms with Crippen LogP contribution in [0.15, 0.2) is 48.5 Å². The van der Waals surface area contributed by atoms with Crippen LogP contribution in [0.4, 0.5) is 4.79 Å². The first-order valence-electron chi connectivity index (χ1n) is 12.0. The second kappa shape index (κ2) is 12.4. The number of fused-ring (bicyclic) bond motifs is 3. The zero-order valence-corrected chi connectivity index (χ0v) is 20.7. The van der Waals surface area contributed by atoms with Crippen molar-refractivity contribution in [2.75, 3.05) is 40.8 Å². The molecule has 2 aromatic rings. The number of carboxylic acid groups (broad SMARTS) is 1. The lowest BCUT2D eigenvalue weighted by molar-refractivity contribution is -0.137. The van der Waals surface area contributed by atoms with Crippen molar-refractivity contribution in [1.29, 1.82) is 0 Å². The maximum atomic E-state index is 13.0. The fraction of sp³-hybridized carbons (Fsp3) is 0.444. The molecule has 0 saturated carbocycles. The predicted molar refractivity (Wildman–Crippen MR) is 134 cm³/mol. The molecule has 0 fully saturated rings. The summed E-state index contributed by atoms with van der Waals surface area (Å²) < 4.78 is 5.63. The van der Waals surface area contributed by atoms with Gasteiger partial charge in [-0.2, -0.15) is 0 Å². The van der Waals surface area contributed by atoms with Gasteiger partial charge in [0.15, 0.2) is 0 Å². The number of carbonyl (C=O) groups excluding carboxylic acids is 2. The number of aliphatic carboxylic acids is 1. The van der Waals surface area contributed by atoms with Gasteiger partial charge in [-0.1, -0.05) is 48.5 Å². The molecule has 1 atom stereocenters. The van der Waals surface area contributed by atoms with Crippen molar-refractivity contribution in [3.63, 3.8) is 0 Å². The third-order valence-electron chi connectivity index (χ3n) is 6.31. The van der Waals surface area contributed by atoms with Crippen molar-refractivity contribution < 1.29 is 24.2 Å². The number of carbonyl (C=O) groups is 3. The number of unbranched alkanes of at least 4 members (excludes halogenated alkanes) is 1. The molecule has 8 nitrogen and oxygen atoms in total. The van der Waals surface area contributed by atoms with Gasteiger partial charge in [0.05, 0.1) is 0 Å². The largest absolute Gasteiger partial charge is 0.481 e. The van der Waals surface area contributed by atoms with E-state index in [-0.39, 0.29) is 24.9 Å². The minimum absolute atomic E-state index is 0.0546. The highest BCUT2D eigenvalue weighted by Crippen LogP contribution is 2.44. The Morgan fingerprint density at radius 1 is 0.943 bits per heavy atom. The van der Waals surface area contributed by atoms with Gasteiger partial charge in [-0.15, -0.1) is 0 Å². The van der Waals surface area contributed by atoms with E-state index in [1.165, 1.54) is 0 Å². The molecule has 3 rings (SSSR count). The number of benzene rings is 2. The van der Waals surface area contributed by atoms with Crippen LogP contribution < -0.4 is 5.32 Å². The summed E-state index contributed by atoms with van der Waals surface area (Å²) in [5.41, 5.74) is 4.56. The molecule has 2 amide bonds. The molecule has 0 aromatic heterocycles. The van der Waals surface area contributed by atoms with Crippen molar-refractivity contribution in [1.82, 2.24) is 15.1 Å². The first-order valence-corrected chi connectivity index (χ1v) is 12.0. The molecule has 1 unspecified atom stereocenters. The van der Waals surface area contributed by atoms with Gasteiger partial charge < -0.3 is 25.0 Å². The van der Waals surface area contributed by atoms with Crippen LogP contribution in [0.5, 0.6) is 0 Å². The lowest BCUT2D eigenvalue weighted by Crippen LogP contribution is -2.49. The first kappa shape index (κ1) is 26.2. The van der Waals surface area contributed by atoms with E-state index in [2.05, 4.69) is 29.6 Å². The van der Waals surface area contributed by atoms with Crippen LogP contribution in [0.25, 0.3) is 11.1 Å². The predicted octanol–water partition coefficient (Wildman–Crippen LogP) is 3.56. The van der Waals surface area contributed by atoms with Crippen LogP contribution in [0.1, 0.15) is 42.7 Å². The number of nitrogens with zero attached hydrogens (tertiary/aromatic N) is 2. The molecule has 1 aliphatic carbocycles. The average Bonchev–Trinajstić information content (AvgIpc) is 3.16. The van der Waals surface area contributed by atoms with Crippen LogP contribution >= 0.6 is 0 Å².